The van der Waals surface area contributed by atoms with Gasteiger partial charge in [-0.1, -0.05) is 129 Å². The van der Waals surface area contributed by atoms with Crippen LogP contribution in [0.4, 0.5) is 0 Å². The van der Waals surface area contributed by atoms with Crippen molar-refractivity contribution in [3.8, 4) is 11.3 Å². The molecule has 0 bridgehead atoms. The molecule has 0 unspecified atom stereocenters. The van der Waals surface area contributed by atoms with Gasteiger partial charge in [-0.15, -0.1) is 40.5 Å². The van der Waals surface area contributed by atoms with E-state index in [4.69, 9.17) is 9.97 Å². The van der Waals surface area contributed by atoms with Crippen molar-refractivity contribution in [2.45, 2.75) is 126 Å². The molecule has 0 amide bonds. The van der Waals surface area contributed by atoms with E-state index in [-0.39, 0.29) is 54.3 Å². The van der Waals surface area contributed by atoms with Gasteiger partial charge in [0.1, 0.15) is 6.33 Å². The van der Waals surface area contributed by atoms with Crippen molar-refractivity contribution in [2.75, 3.05) is 0 Å². The number of fused-ring (bicyclic) bond motifs is 4. The SMILES string of the molecule is CC(C)(C)Cc1cc(-c2ncnc3c2sc2cc(C(C)(C)C)ccc23)[c-]c2cc([Si](C)(C)C)ccc12.CCC(CC)C(=O)/C=C(\O)C(CC)CC.[Ir]. The van der Waals surface area contributed by atoms with Crippen molar-refractivity contribution in [2.24, 2.45) is 17.3 Å². The summed E-state index contributed by atoms with van der Waals surface area (Å²) >= 11 is 1.81. The number of aromatic nitrogens is 2. The van der Waals surface area contributed by atoms with Crippen molar-refractivity contribution in [1.29, 1.82) is 0 Å². The molecular formula is C45H61IrN2O2SSi-. The molecule has 1 radical (unpaired) electrons. The smallest absolute Gasteiger partial charge is 0.162 e. The minimum atomic E-state index is -1.44. The van der Waals surface area contributed by atoms with Crippen molar-refractivity contribution in [1.82, 2.24) is 9.97 Å². The molecule has 0 fully saturated rings. The minimum absolute atomic E-state index is 0. The Labute approximate surface area is 332 Å². The van der Waals surface area contributed by atoms with Crippen LogP contribution in [-0.4, -0.2) is 28.9 Å². The largest absolute Gasteiger partial charge is 0.512 e. The van der Waals surface area contributed by atoms with Crippen LogP contribution < -0.4 is 5.19 Å². The van der Waals surface area contributed by atoms with Crippen LogP contribution in [0.15, 0.2) is 60.6 Å². The summed E-state index contributed by atoms with van der Waals surface area (Å²) in [4.78, 5) is 21.3. The number of ketones is 1. The third-order valence-corrected chi connectivity index (χ3v) is 13.2. The molecule has 2 heterocycles. The average Bonchev–Trinajstić information content (AvgIpc) is 3.42. The number of allylic oxidation sites excluding steroid dienone is 2. The quantitative estimate of drug-likeness (QED) is 0.0656. The minimum Gasteiger partial charge on any atom is -0.512 e. The number of benzene rings is 3. The average molecular weight is 914 g/mol. The van der Waals surface area contributed by atoms with Gasteiger partial charge in [0.05, 0.1) is 19.3 Å². The molecule has 0 atom stereocenters. The first-order valence-corrected chi connectivity index (χ1v) is 23.2. The van der Waals surface area contributed by atoms with E-state index in [2.05, 4.69) is 110 Å². The summed E-state index contributed by atoms with van der Waals surface area (Å²) in [7, 11) is -1.44. The fourth-order valence-electron chi connectivity index (χ4n) is 6.68. The summed E-state index contributed by atoms with van der Waals surface area (Å²) in [5, 5.41) is 15.0. The maximum Gasteiger partial charge on any atom is 0.162 e. The Hall–Kier alpha value is -2.70. The van der Waals surface area contributed by atoms with Gasteiger partial charge in [-0.3, -0.25) is 9.78 Å². The van der Waals surface area contributed by atoms with Crippen molar-refractivity contribution < 1.29 is 30.0 Å². The van der Waals surface area contributed by atoms with E-state index in [9.17, 15) is 9.90 Å². The van der Waals surface area contributed by atoms with Gasteiger partial charge in [0.2, 0.25) is 0 Å². The van der Waals surface area contributed by atoms with E-state index in [1.165, 1.54) is 43.2 Å². The molecule has 5 rings (SSSR count). The zero-order valence-electron chi connectivity index (χ0n) is 33.9. The molecule has 0 aliphatic heterocycles. The van der Waals surface area contributed by atoms with Gasteiger partial charge in [0.15, 0.2) is 5.78 Å². The van der Waals surface area contributed by atoms with Crippen molar-refractivity contribution in [3.63, 3.8) is 0 Å². The molecule has 2 aromatic heterocycles. The molecule has 4 nitrogen and oxygen atoms in total. The van der Waals surface area contributed by atoms with Crippen LogP contribution in [0.2, 0.25) is 19.6 Å². The monoisotopic (exact) mass is 914 g/mol. The number of thiophene rings is 1. The molecule has 0 aliphatic carbocycles. The summed E-state index contributed by atoms with van der Waals surface area (Å²) in [5.74, 6) is 0.547. The van der Waals surface area contributed by atoms with Gasteiger partial charge >= 0.3 is 0 Å². The first-order chi connectivity index (χ1) is 23.8. The standard InChI is InChI=1S/C32H37N2SSi.C13H24O2.Ir/c1-31(2,3)18-22-15-21(14-20-16-24(36(7,8)9)11-13-25(20)22)28-30-29(34-19-33-28)26-12-10-23(32(4,5)6)17-27(26)35-30;1-5-10(6-2)12(14)9-13(15)11(7-3)8-4;/h10-13,15-17,19H,18H2,1-9H3;9-11,14H,5-8H2,1-4H3;/q-1;;/b;12-9-;. The number of aliphatic hydroxyl groups excluding tert-OH is 1. The van der Waals surface area contributed by atoms with Crippen molar-refractivity contribution in [3.05, 3.63) is 77.8 Å². The van der Waals surface area contributed by atoms with Gasteiger partial charge in [0, 0.05) is 58.5 Å². The molecule has 0 saturated heterocycles. The Morgan fingerprint density at radius 2 is 1.48 bits per heavy atom. The van der Waals surface area contributed by atoms with Gasteiger partial charge < -0.3 is 5.11 Å². The molecule has 283 valence electrons. The normalized spacial score (nSPS) is 12.8. The Kier molecular flexibility index (Phi) is 14.8. The van der Waals surface area contributed by atoms with Crippen LogP contribution in [-0.2, 0) is 36.7 Å². The number of rotatable bonds is 10. The van der Waals surface area contributed by atoms with E-state index in [1.807, 2.05) is 39.0 Å². The summed E-state index contributed by atoms with van der Waals surface area (Å²) < 4.78 is 2.42. The maximum atomic E-state index is 11.7. The van der Waals surface area contributed by atoms with E-state index in [0.717, 1.165) is 53.6 Å². The summed E-state index contributed by atoms with van der Waals surface area (Å²) in [5.41, 5.74) is 6.13. The predicted molar refractivity (Wildman–Crippen MR) is 225 cm³/mol. The molecule has 52 heavy (non-hydrogen) atoms. The Balaban J connectivity index is 0.000000389. The van der Waals surface area contributed by atoms with Crippen LogP contribution >= 0.6 is 11.3 Å². The van der Waals surface area contributed by atoms with E-state index < -0.39 is 8.07 Å². The van der Waals surface area contributed by atoms with Gasteiger partial charge in [-0.2, -0.15) is 0 Å². The van der Waals surface area contributed by atoms with Crippen molar-refractivity contribution >= 4 is 61.5 Å². The van der Waals surface area contributed by atoms with Crippen LogP contribution in [0.25, 0.3) is 42.3 Å². The second-order valence-corrected chi connectivity index (χ2v) is 23.5. The van der Waals surface area contributed by atoms with E-state index in [0.29, 0.717) is 0 Å². The molecule has 0 spiro atoms. The fourth-order valence-corrected chi connectivity index (χ4v) is 9.04. The van der Waals surface area contributed by atoms with Gasteiger partial charge in [0.25, 0.3) is 0 Å². The van der Waals surface area contributed by atoms with Crippen LogP contribution in [0.3, 0.4) is 0 Å². The van der Waals surface area contributed by atoms with Gasteiger partial charge in [-0.05, 0) is 54.6 Å². The zero-order valence-corrected chi connectivity index (χ0v) is 38.1. The third-order valence-electron chi connectivity index (χ3n) is 10.00. The van der Waals surface area contributed by atoms with E-state index in [1.54, 1.807) is 6.33 Å². The molecule has 3 aromatic carbocycles. The summed E-state index contributed by atoms with van der Waals surface area (Å²) in [6.45, 7) is 29.0. The molecular weight excluding hydrogens is 853 g/mol. The Morgan fingerprint density at radius 3 is 2.04 bits per heavy atom. The molecule has 1 N–H and O–H groups in total. The number of hydrogen-bond donors (Lipinski definition) is 1. The first kappa shape index (κ1) is 43.7. The maximum absolute atomic E-state index is 11.7. The number of carbonyl (C=O) groups is 1. The predicted octanol–water partition coefficient (Wildman–Crippen LogP) is 12.8. The Bertz CT molecular complexity index is 2020. The number of hydrogen-bond acceptors (Lipinski definition) is 5. The first-order valence-electron chi connectivity index (χ1n) is 18.9. The molecule has 5 aromatic rings. The fraction of sp³-hybridized carbons (Fsp3) is 0.489. The van der Waals surface area contributed by atoms with Crippen LogP contribution in [0, 0.1) is 23.3 Å². The summed E-state index contributed by atoms with van der Waals surface area (Å²) in [6.07, 6.45) is 7.64. The zero-order chi connectivity index (χ0) is 37.9. The number of carbonyl (C=O) groups excluding carboxylic acids is 1. The van der Waals surface area contributed by atoms with Gasteiger partial charge in [-0.25, -0.2) is 4.98 Å². The molecule has 0 saturated carbocycles. The molecule has 7 heteroatoms. The summed E-state index contributed by atoms with van der Waals surface area (Å²) in [6, 6.07) is 20.0. The van der Waals surface area contributed by atoms with Crippen LogP contribution in [0.5, 0.6) is 0 Å². The van der Waals surface area contributed by atoms with Crippen LogP contribution in [0.1, 0.15) is 106 Å². The molecule has 0 aliphatic rings. The topological polar surface area (TPSA) is 63.1 Å². The second kappa shape index (κ2) is 17.6. The third kappa shape index (κ3) is 10.5. The Morgan fingerprint density at radius 1 is 0.865 bits per heavy atom. The number of aliphatic hydroxyl groups is 1. The second-order valence-electron chi connectivity index (χ2n) is 17.4. The number of nitrogens with zero attached hydrogens (tertiary/aromatic N) is 2. The van der Waals surface area contributed by atoms with E-state index >= 15 is 0 Å².